The maximum absolute atomic E-state index is 12.2. The Kier molecular flexibility index (Phi) is 3.37. The van der Waals surface area contributed by atoms with E-state index < -0.39 is 6.61 Å². The van der Waals surface area contributed by atoms with Gasteiger partial charge >= 0.3 is 6.61 Å². The maximum Gasteiger partial charge on any atom is 0.387 e. The van der Waals surface area contributed by atoms with Crippen molar-refractivity contribution in [3.8, 4) is 17.0 Å². The highest BCUT2D eigenvalue weighted by Gasteiger charge is 2.13. The molecule has 0 spiro atoms. The summed E-state index contributed by atoms with van der Waals surface area (Å²) in [6.45, 7) is -2.83. The largest absolute Gasteiger partial charge is 0.434 e. The van der Waals surface area contributed by atoms with Gasteiger partial charge in [0.15, 0.2) is 0 Å². The molecule has 0 aliphatic heterocycles. The lowest BCUT2D eigenvalue weighted by atomic mass is 10.1. The van der Waals surface area contributed by atoms with E-state index in [1.807, 2.05) is 0 Å². The van der Waals surface area contributed by atoms with Crippen LogP contribution in [-0.4, -0.2) is 16.8 Å². The Hall–Kier alpha value is -1.18. The number of H-pyrrole nitrogens is 1. The molecule has 0 bridgehead atoms. The average molecular weight is 336 g/mol. The molecule has 1 heterocycles. The van der Waals surface area contributed by atoms with Crippen LogP contribution >= 0.6 is 22.6 Å². The van der Waals surface area contributed by atoms with Gasteiger partial charge in [0, 0.05) is 5.56 Å². The van der Waals surface area contributed by atoms with E-state index in [-0.39, 0.29) is 5.75 Å². The SMILES string of the molecule is FC(F)Oc1ccccc1-c1[nH]ncc1I. The molecule has 3 nitrogen and oxygen atoms in total. The molecule has 84 valence electrons. The van der Waals surface area contributed by atoms with Gasteiger partial charge in [0.05, 0.1) is 15.5 Å². The van der Waals surface area contributed by atoms with Gasteiger partial charge in [-0.1, -0.05) is 12.1 Å². The van der Waals surface area contributed by atoms with Crippen LogP contribution in [0.15, 0.2) is 30.5 Å². The van der Waals surface area contributed by atoms with Gasteiger partial charge in [-0.2, -0.15) is 13.9 Å². The molecule has 0 amide bonds. The molecule has 0 aliphatic carbocycles. The van der Waals surface area contributed by atoms with Gasteiger partial charge in [0.2, 0.25) is 0 Å². The number of benzene rings is 1. The van der Waals surface area contributed by atoms with Crippen molar-refractivity contribution in [1.29, 1.82) is 0 Å². The summed E-state index contributed by atoms with van der Waals surface area (Å²) in [5, 5.41) is 6.60. The first-order valence-electron chi connectivity index (χ1n) is 4.41. The van der Waals surface area contributed by atoms with Crippen LogP contribution in [0.1, 0.15) is 0 Å². The smallest absolute Gasteiger partial charge is 0.387 e. The minimum Gasteiger partial charge on any atom is -0.434 e. The molecule has 16 heavy (non-hydrogen) atoms. The number of aromatic amines is 1. The van der Waals surface area contributed by atoms with Gasteiger partial charge in [-0.05, 0) is 34.7 Å². The topological polar surface area (TPSA) is 37.9 Å². The number of aromatic nitrogens is 2. The molecular weight excluding hydrogens is 329 g/mol. The maximum atomic E-state index is 12.2. The highest BCUT2D eigenvalue weighted by molar-refractivity contribution is 14.1. The third-order valence-electron chi connectivity index (χ3n) is 1.97. The first-order chi connectivity index (χ1) is 7.68. The number of ether oxygens (including phenoxy) is 1. The Labute approximate surface area is 104 Å². The highest BCUT2D eigenvalue weighted by Crippen LogP contribution is 2.31. The molecule has 2 aromatic rings. The molecule has 1 N–H and O–H groups in total. The van der Waals surface area contributed by atoms with Crippen LogP contribution in [0.5, 0.6) is 5.75 Å². The van der Waals surface area contributed by atoms with Crippen LogP contribution in [0.25, 0.3) is 11.3 Å². The van der Waals surface area contributed by atoms with E-state index >= 15 is 0 Å². The zero-order valence-corrected chi connectivity index (χ0v) is 10.1. The zero-order chi connectivity index (χ0) is 11.5. The molecule has 0 saturated carbocycles. The van der Waals surface area contributed by atoms with Gasteiger partial charge in [0.25, 0.3) is 0 Å². The standard InChI is InChI=1S/C10H7F2IN2O/c11-10(12)16-8-4-2-1-3-6(8)9-7(13)5-14-15-9/h1-5,10H,(H,14,15). The van der Waals surface area contributed by atoms with Crippen molar-refractivity contribution in [3.63, 3.8) is 0 Å². The van der Waals surface area contributed by atoms with Crippen LogP contribution < -0.4 is 4.74 Å². The van der Waals surface area contributed by atoms with E-state index in [2.05, 4.69) is 37.5 Å². The first kappa shape index (κ1) is 11.3. The van der Waals surface area contributed by atoms with Crippen molar-refractivity contribution in [2.45, 2.75) is 6.61 Å². The normalized spacial score (nSPS) is 10.8. The Bertz CT molecular complexity index is 487. The third kappa shape index (κ3) is 2.31. The lowest BCUT2D eigenvalue weighted by Gasteiger charge is -2.09. The van der Waals surface area contributed by atoms with E-state index in [0.717, 1.165) is 3.57 Å². The third-order valence-corrected chi connectivity index (χ3v) is 2.78. The molecule has 0 atom stereocenters. The molecular formula is C10H7F2IN2O. The molecule has 0 unspecified atom stereocenters. The number of nitrogens with zero attached hydrogens (tertiary/aromatic N) is 1. The van der Waals surface area contributed by atoms with Crippen LogP contribution in [0, 0.1) is 3.57 Å². The molecule has 0 saturated heterocycles. The van der Waals surface area contributed by atoms with Gasteiger partial charge in [0.1, 0.15) is 5.75 Å². The second-order valence-electron chi connectivity index (χ2n) is 2.97. The first-order valence-corrected chi connectivity index (χ1v) is 5.49. The molecule has 0 fully saturated rings. The lowest BCUT2D eigenvalue weighted by molar-refractivity contribution is -0.0494. The van der Waals surface area contributed by atoms with Crippen molar-refractivity contribution in [3.05, 3.63) is 34.0 Å². The second-order valence-corrected chi connectivity index (χ2v) is 4.13. The average Bonchev–Trinajstić information content (AvgIpc) is 2.64. The van der Waals surface area contributed by atoms with Gasteiger partial charge in [-0.3, -0.25) is 5.10 Å². The molecule has 6 heteroatoms. The Morgan fingerprint density at radius 2 is 2.06 bits per heavy atom. The summed E-state index contributed by atoms with van der Waals surface area (Å²) in [4.78, 5) is 0. The van der Waals surface area contributed by atoms with Gasteiger partial charge < -0.3 is 4.74 Å². The Balaban J connectivity index is 2.44. The molecule has 0 aliphatic rings. The summed E-state index contributed by atoms with van der Waals surface area (Å²) in [6.07, 6.45) is 1.62. The predicted octanol–water partition coefficient (Wildman–Crippen LogP) is 3.28. The quantitative estimate of drug-likeness (QED) is 0.874. The number of alkyl halides is 2. The number of rotatable bonds is 3. The van der Waals surface area contributed by atoms with Crippen LogP contribution in [0.3, 0.4) is 0 Å². The van der Waals surface area contributed by atoms with Gasteiger partial charge in [-0.15, -0.1) is 0 Å². The van der Waals surface area contributed by atoms with Crippen molar-refractivity contribution < 1.29 is 13.5 Å². The van der Waals surface area contributed by atoms with E-state index in [0.29, 0.717) is 11.3 Å². The second kappa shape index (κ2) is 4.77. The molecule has 2 rings (SSSR count). The number of hydrogen-bond donors (Lipinski definition) is 1. The fourth-order valence-electron chi connectivity index (χ4n) is 1.33. The summed E-state index contributed by atoms with van der Waals surface area (Å²) >= 11 is 2.07. The van der Waals surface area contributed by atoms with Crippen molar-refractivity contribution in [2.24, 2.45) is 0 Å². The van der Waals surface area contributed by atoms with E-state index in [9.17, 15) is 8.78 Å². The van der Waals surface area contributed by atoms with Crippen LogP contribution in [0.2, 0.25) is 0 Å². The zero-order valence-electron chi connectivity index (χ0n) is 7.95. The van der Waals surface area contributed by atoms with Crippen LogP contribution in [-0.2, 0) is 0 Å². The molecule has 1 aromatic heterocycles. The highest BCUT2D eigenvalue weighted by atomic mass is 127. The van der Waals surface area contributed by atoms with Crippen LogP contribution in [0.4, 0.5) is 8.78 Å². The lowest BCUT2D eigenvalue weighted by Crippen LogP contribution is -2.03. The molecule has 1 aromatic carbocycles. The minimum absolute atomic E-state index is 0.139. The summed E-state index contributed by atoms with van der Waals surface area (Å²) in [5.74, 6) is 0.139. The number of nitrogens with one attached hydrogen (secondary N) is 1. The predicted molar refractivity (Wildman–Crippen MR) is 63.4 cm³/mol. The summed E-state index contributed by atoms with van der Waals surface area (Å²) in [6, 6.07) is 6.60. The monoisotopic (exact) mass is 336 g/mol. The summed E-state index contributed by atoms with van der Waals surface area (Å²) in [7, 11) is 0. The van der Waals surface area contributed by atoms with Crippen molar-refractivity contribution >= 4 is 22.6 Å². The number of halogens is 3. The summed E-state index contributed by atoms with van der Waals surface area (Å²) < 4.78 is 29.7. The van der Waals surface area contributed by atoms with E-state index in [4.69, 9.17) is 0 Å². The van der Waals surface area contributed by atoms with Crippen molar-refractivity contribution in [1.82, 2.24) is 10.2 Å². The molecule has 0 radical (unpaired) electrons. The Morgan fingerprint density at radius 3 is 2.69 bits per heavy atom. The van der Waals surface area contributed by atoms with E-state index in [1.165, 1.54) is 6.07 Å². The van der Waals surface area contributed by atoms with E-state index in [1.54, 1.807) is 24.4 Å². The number of para-hydroxylation sites is 1. The fraction of sp³-hybridized carbons (Fsp3) is 0.100. The minimum atomic E-state index is -2.83. The number of hydrogen-bond acceptors (Lipinski definition) is 2. The summed E-state index contributed by atoms with van der Waals surface area (Å²) in [5.41, 5.74) is 1.25. The van der Waals surface area contributed by atoms with Crippen molar-refractivity contribution in [2.75, 3.05) is 0 Å². The van der Waals surface area contributed by atoms with Gasteiger partial charge in [-0.25, -0.2) is 0 Å². The fourth-order valence-corrected chi connectivity index (χ4v) is 1.88. The Morgan fingerprint density at radius 1 is 1.31 bits per heavy atom.